The first-order chi connectivity index (χ1) is 8.13. The van der Waals surface area contributed by atoms with Crippen molar-refractivity contribution in [2.45, 2.75) is 13.0 Å². The third-order valence-electron chi connectivity index (χ3n) is 1.98. The first-order valence-corrected chi connectivity index (χ1v) is 5.16. The average Bonchev–Trinajstić information content (AvgIpc) is 2.71. The number of amides is 1. The van der Waals surface area contributed by atoms with E-state index >= 15 is 0 Å². The predicted octanol–water partition coefficient (Wildman–Crippen LogP) is -0.266. The van der Waals surface area contributed by atoms with Crippen LogP contribution in [0, 0.1) is 0 Å². The summed E-state index contributed by atoms with van der Waals surface area (Å²) < 4.78 is 6.04. The van der Waals surface area contributed by atoms with E-state index in [0.717, 1.165) is 6.42 Å². The number of carboxylic acid groups (broad SMARTS) is 1. The van der Waals surface area contributed by atoms with Gasteiger partial charge < -0.3 is 15.2 Å². The average molecular weight is 241 g/mol. The normalized spacial score (nSPS) is 10.2. The zero-order valence-electron chi connectivity index (χ0n) is 9.55. The number of aromatic nitrogens is 2. The Balaban J connectivity index is 2.41. The summed E-state index contributed by atoms with van der Waals surface area (Å²) in [5.74, 6) is -1.31. The lowest BCUT2D eigenvalue weighted by molar-refractivity contribution is -0.137. The van der Waals surface area contributed by atoms with Gasteiger partial charge in [-0.2, -0.15) is 5.10 Å². The van der Waals surface area contributed by atoms with E-state index in [0.29, 0.717) is 13.2 Å². The molecular weight excluding hydrogens is 226 g/mol. The fraction of sp³-hybridized carbons (Fsp3) is 0.500. The Hall–Kier alpha value is -1.89. The highest BCUT2D eigenvalue weighted by molar-refractivity contribution is 5.92. The molecule has 1 amide bonds. The van der Waals surface area contributed by atoms with Crippen molar-refractivity contribution in [2.75, 3.05) is 20.3 Å². The zero-order valence-corrected chi connectivity index (χ0v) is 9.55. The van der Waals surface area contributed by atoms with Crippen LogP contribution in [0.2, 0.25) is 0 Å². The lowest BCUT2D eigenvalue weighted by atomic mass is 10.4. The molecule has 2 N–H and O–H groups in total. The maximum atomic E-state index is 11.5. The summed E-state index contributed by atoms with van der Waals surface area (Å²) in [6.45, 7) is 0.823. The van der Waals surface area contributed by atoms with Crippen molar-refractivity contribution >= 4 is 11.9 Å². The van der Waals surface area contributed by atoms with Gasteiger partial charge in [-0.15, -0.1) is 0 Å². The number of carbonyl (C=O) groups excluding carboxylic acids is 1. The lowest BCUT2D eigenvalue weighted by Gasteiger charge is -2.02. The van der Waals surface area contributed by atoms with Crippen LogP contribution in [-0.2, 0) is 16.1 Å². The van der Waals surface area contributed by atoms with Crippen molar-refractivity contribution in [3.8, 4) is 0 Å². The molecule has 0 radical (unpaired) electrons. The molecule has 1 heterocycles. The number of aliphatic carboxylic acids is 1. The van der Waals surface area contributed by atoms with Gasteiger partial charge in [0.05, 0.1) is 0 Å². The zero-order chi connectivity index (χ0) is 12.7. The maximum Gasteiger partial charge on any atom is 0.325 e. The van der Waals surface area contributed by atoms with Crippen LogP contribution in [0.1, 0.15) is 16.9 Å². The van der Waals surface area contributed by atoms with Crippen molar-refractivity contribution < 1.29 is 19.4 Å². The quantitative estimate of drug-likeness (QED) is 0.641. The monoisotopic (exact) mass is 241 g/mol. The highest BCUT2D eigenvalue weighted by Gasteiger charge is 2.09. The van der Waals surface area contributed by atoms with Crippen molar-refractivity contribution in [1.82, 2.24) is 15.1 Å². The van der Waals surface area contributed by atoms with Gasteiger partial charge in [-0.05, 0) is 12.5 Å². The van der Waals surface area contributed by atoms with Crippen LogP contribution in [0.4, 0.5) is 0 Å². The van der Waals surface area contributed by atoms with Gasteiger partial charge in [0, 0.05) is 26.5 Å². The molecule has 7 nitrogen and oxygen atoms in total. The lowest BCUT2D eigenvalue weighted by Crippen LogP contribution is -2.26. The van der Waals surface area contributed by atoms with E-state index in [1.54, 1.807) is 7.11 Å². The molecular formula is C10H15N3O4. The van der Waals surface area contributed by atoms with Gasteiger partial charge in [0.15, 0.2) is 0 Å². The number of hydrogen-bond acceptors (Lipinski definition) is 4. The Labute approximate surface area is 98.4 Å². The van der Waals surface area contributed by atoms with E-state index in [-0.39, 0.29) is 18.1 Å². The number of nitrogens with zero attached hydrogens (tertiary/aromatic N) is 2. The molecule has 1 aromatic rings. The highest BCUT2D eigenvalue weighted by atomic mass is 16.5. The van der Waals surface area contributed by atoms with Crippen molar-refractivity contribution in [2.24, 2.45) is 0 Å². The second-order valence-electron chi connectivity index (χ2n) is 3.39. The standard InChI is InChI=1S/C10H15N3O4/c1-17-6-2-4-11-10(16)8-3-5-13(12-8)7-9(14)15/h3,5H,2,4,6-7H2,1H3,(H,11,16)(H,14,15). The minimum absolute atomic E-state index is 0.212. The Morgan fingerprint density at radius 2 is 2.35 bits per heavy atom. The summed E-state index contributed by atoms with van der Waals surface area (Å²) >= 11 is 0. The van der Waals surface area contributed by atoms with E-state index in [9.17, 15) is 9.59 Å². The second-order valence-corrected chi connectivity index (χ2v) is 3.39. The molecule has 0 spiro atoms. The molecule has 0 aliphatic heterocycles. The van der Waals surface area contributed by atoms with E-state index in [1.807, 2.05) is 0 Å². The molecule has 0 aromatic carbocycles. The largest absolute Gasteiger partial charge is 0.480 e. The summed E-state index contributed by atoms with van der Waals surface area (Å²) in [7, 11) is 1.59. The van der Waals surface area contributed by atoms with Crippen LogP contribution in [0.3, 0.4) is 0 Å². The summed E-state index contributed by atoms with van der Waals surface area (Å²) in [6, 6.07) is 1.48. The third kappa shape index (κ3) is 4.64. The fourth-order valence-corrected chi connectivity index (χ4v) is 1.22. The fourth-order valence-electron chi connectivity index (χ4n) is 1.22. The van der Waals surface area contributed by atoms with Crippen LogP contribution in [0.25, 0.3) is 0 Å². The Kier molecular flexibility index (Phi) is 5.15. The van der Waals surface area contributed by atoms with Crippen LogP contribution in [0.5, 0.6) is 0 Å². The number of nitrogens with one attached hydrogen (secondary N) is 1. The van der Waals surface area contributed by atoms with Crippen LogP contribution in [0.15, 0.2) is 12.3 Å². The van der Waals surface area contributed by atoms with E-state index in [2.05, 4.69) is 10.4 Å². The Morgan fingerprint density at radius 3 is 3.00 bits per heavy atom. The highest BCUT2D eigenvalue weighted by Crippen LogP contribution is 1.95. The number of ether oxygens (including phenoxy) is 1. The number of rotatable bonds is 7. The predicted molar refractivity (Wildman–Crippen MR) is 58.7 cm³/mol. The van der Waals surface area contributed by atoms with Crippen molar-refractivity contribution in [3.63, 3.8) is 0 Å². The minimum Gasteiger partial charge on any atom is -0.480 e. The molecule has 0 saturated carbocycles. The molecule has 7 heteroatoms. The first-order valence-electron chi connectivity index (χ1n) is 5.16. The second kappa shape index (κ2) is 6.64. The van der Waals surface area contributed by atoms with Crippen LogP contribution in [-0.4, -0.2) is 47.0 Å². The summed E-state index contributed by atoms with van der Waals surface area (Å²) in [6.07, 6.45) is 2.18. The Bertz CT molecular complexity index is 389. The summed E-state index contributed by atoms with van der Waals surface area (Å²) in [5, 5.41) is 15.0. The van der Waals surface area contributed by atoms with Gasteiger partial charge in [0.1, 0.15) is 12.2 Å². The first kappa shape index (κ1) is 13.2. The van der Waals surface area contributed by atoms with Gasteiger partial charge >= 0.3 is 5.97 Å². The molecule has 0 aliphatic rings. The number of carboxylic acids is 1. The minimum atomic E-state index is -1.000. The smallest absolute Gasteiger partial charge is 0.325 e. The molecule has 0 atom stereocenters. The molecule has 0 bridgehead atoms. The van der Waals surface area contributed by atoms with Crippen molar-refractivity contribution in [3.05, 3.63) is 18.0 Å². The number of carbonyl (C=O) groups is 2. The SMILES string of the molecule is COCCCNC(=O)c1ccn(CC(=O)O)n1. The summed E-state index contributed by atoms with van der Waals surface area (Å²) in [4.78, 5) is 21.9. The van der Waals surface area contributed by atoms with Crippen molar-refractivity contribution in [1.29, 1.82) is 0 Å². The molecule has 0 aliphatic carbocycles. The van der Waals surface area contributed by atoms with E-state index < -0.39 is 5.97 Å². The van der Waals surface area contributed by atoms with Gasteiger partial charge in [0.25, 0.3) is 5.91 Å². The molecule has 0 fully saturated rings. The van der Waals surface area contributed by atoms with Gasteiger partial charge in [-0.1, -0.05) is 0 Å². The number of hydrogen-bond donors (Lipinski definition) is 2. The molecule has 17 heavy (non-hydrogen) atoms. The molecule has 0 unspecified atom stereocenters. The van der Waals surface area contributed by atoms with Crippen LogP contribution >= 0.6 is 0 Å². The molecule has 0 saturated heterocycles. The van der Waals surface area contributed by atoms with E-state index in [4.69, 9.17) is 9.84 Å². The molecule has 1 aromatic heterocycles. The van der Waals surface area contributed by atoms with E-state index in [1.165, 1.54) is 16.9 Å². The molecule has 1 rings (SSSR count). The van der Waals surface area contributed by atoms with Gasteiger partial charge in [-0.3, -0.25) is 14.3 Å². The Morgan fingerprint density at radius 1 is 1.59 bits per heavy atom. The third-order valence-corrected chi connectivity index (χ3v) is 1.98. The van der Waals surface area contributed by atoms with Gasteiger partial charge in [-0.25, -0.2) is 0 Å². The topological polar surface area (TPSA) is 93.5 Å². The van der Waals surface area contributed by atoms with Gasteiger partial charge in [0.2, 0.25) is 0 Å². The molecule has 94 valence electrons. The van der Waals surface area contributed by atoms with Crippen LogP contribution < -0.4 is 5.32 Å². The number of methoxy groups -OCH3 is 1. The summed E-state index contributed by atoms with van der Waals surface area (Å²) in [5.41, 5.74) is 0.212. The maximum absolute atomic E-state index is 11.5.